The molecule has 0 bridgehead atoms. The minimum absolute atomic E-state index is 0.231. The smallest absolute Gasteiger partial charge is 0.0686 e. The van der Waals surface area contributed by atoms with Crippen LogP contribution in [0.4, 0.5) is 0 Å². The van der Waals surface area contributed by atoms with E-state index in [0.717, 1.165) is 13.0 Å². The molecule has 2 nitrogen and oxygen atoms in total. The first-order chi connectivity index (χ1) is 10.3. The van der Waals surface area contributed by atoms with Crippen molar-refractivity contribution in [1.29, 1.82) is 0 Å². The van der Waals surface area contributed by atoms with Crippen molar-refractivity contribution in [1.82, 2.24) is 10.3 Å². The third kappa shape index (κ3) is 3.14. The normalized spacial score (nSPS) is 12.7. The van der Waals surface area contributed by atoms with Crippen LogP contribution < -0.4 is 5.32 Å². The Balaban J connectivity index is 2.02. The molecule has 0 amide bonds. The van der Waals surface area contributed by atoms with Gasteiger partial charge in [-0.15, -0.1) is 11.3 Å². The Morgan fingerprint density at radius 2 is 2.05 bits per heavy atom. The first-order valence-corrected chi connectivity index (χ1v) is 8.23. The fourth-order valence-corrected chi connectivity index (χ4v) is 3.72. The summed E-state index contributed by atoms with van der Waals surface area (Å²) in [6, 6.07) is 13.3. The van der Waals surface area contributed by atoms with Crippen molar-refractivity contribution in [2.75, 3.05) is 6.54 Å². The molecule has 0 aliphatic heterocycles. The van der Waals surface area contributed by atoms with E-state index in [1.165, 1.54) is 26.1 Å². The number of aromatic nitrogens is 1. The molecule has 0 saturated carbocycles. The van der Waals surface area contributed by atoms with E-state index in [4.69, 9.17) is 0 Å². The minimum atomic E-state index is 0.231. The lowest BCUT2D eigenvalue weighted by molar-refractivity contribution is 0.604. The molecule has 0 saturated heterocycles. The third-order valence-electron chi connectivity index (χ3n) is 3.56. The van der Waals surface area contributed by atoms with Crippen LogP contribution in [0, 0.1) is 6.92 Å². The predicted molar refractivity (Wildman–Crippen MR) is 90.9 cm³/mol. The molecule has 0 radical (unpaired) electrons. The summed E-state index contributed by atoms with van der Waals surface area (Å²) in [6.07, 6.45) is 5.01. The lowest BCUT2D eigenvalue weighted by atomic mass is 10.1. The summed E-state index contributed by atoms with van der Waals surface area (Å²) in [7, 11) is 0. The van der Waals surface area contributed by atoms with Crippen molar-refractivity contribution in [3.63, 3.8) is 0 Å². The fraction of sp³-hybridized carbons (Fsp3) is 0.278. The average molecular weight is 296 g/mol. The van der Waals surface area contributed by atoms with Crippen molar-refractivity contribution in [2.45, 2.75) is 26.3 Å². The summed E-state index contributed by atoms with van der Waals surface area (Å²) in [5, 5.41) is 4.98. The number of fused-ring (bicyclic) bond motifs is 1. The molecule has 3 aromatic rings. The number of pyridine rings is 1. The Hall–Kier alpha value is -1.71. The van der Waals surface area contributed by atoms with Crippen molar-refractivity contribution < 1.29 is 0 Å². The Morgan fingerprint density at radius 3 is 2.81 bits per heavy atom. The molecule has 1 unspecified atom stereocenters. The average Bonchev–Trinajstić information content (AvgIpc) is 2.91. The lowest BCUT2D eigenvalue weighted by Crippen LogP contribution is -2.22. The molecule has 2 heterocycles. The van der Waals surface area contributed by atoms with Crippen LogP contribution in [0.1, 0.15) is 35.4 Å². The van der Waals surface area contributed by atoms with Crippen LogP contribution in [-0.2, 0) is 0 Å². The molecule has 1 atom stereocenters. The van der Waals surface area contributed by atoms with Gasteiger partial charge in [0.25, 0.3) is 0 Å². The predicted octanol–water partition coefficient (Wildman–Crippen LogP) is 4.69. The Morgan fingerprint density at radius 1 is 1.19 bits per heavy atom. The molecule has 0 aliphatic rings. The zero-order valence-electron chi connectivity index (χ0n) is 12.5. The van der Waals surface area contributed by atoms with Crippen LogP contribution >= 0.6 is 11.3 Å². The van der Waals surface area contributed by atoms with Gasteiger partial charge in [-0.2, -0.15) is 0 Å². The summed E-state index contributed by atoms with van der Waals surface area (Å²) in [6.45, 7) is 5.30. The van der Waals surface area contributed by atoms with Gasteiger partial charge < -0.3 is 5.32 Å². The molecule has 0 fully saturated rings. The summed E-state index contributed by atoms with van der Waals surface area (Å²) in [4.78, 5) is 5.72. The van der Waals surface area contributed by atoms with Gasteiger partial charge in [0, 0.05) is 22.0 Å². The van der Waals surface area contributed by atoms with Crippen LogP contribution in [0.3, 0.4) is 0 Å². The summed E-state index contributed by atoms with van der Waals surface area (Å²) >= 11 is 1.87. The third-order valence-corrected chi connectivity index (χ3v) is 4.74. The molecule has 0 aliphatic carbocycles. The second-order valence-corrected chi connectivity index (χ2v) is 6.48. The van der Waals surface area contributed by atoms with Gasteiger partial charge in [0.15, 0.2) is 0 Å². The van der Waals surface area contributed by atoms with Gasteiger partial charge in [-0.1, -0.05) is 31.2 Å². The minimum Gasteiger partial charge on any atom is -0.306 e. The second-order valence-electron chi connectivity index (χ2n) is 5.37. The monoisotopic (exact) mass is 296 g/mol. The highest BCUT2D eigenvalue weighted by atomic mass is 32.1. The highest BCUT2D eigenvalue weighted by Crippen LogP contribution is 2.33. The van der Waals surface area contributed by atoms with Crippen LogP contribution in [0.25, 0.3) is 10.1 Å². The number of nitrogens with zero attached hydrogens (tertiary/aromatic N) is 1. The fourth-order valence-electron chi connectivity index (χ4n) is 2.55. The van der Waals surface area contributed by atoms with Crippen LogP contribution in [0.15, 0.2) is 48.8 Å². The summed E-state index contributed by atoms with van der Waals surface area (Å²) < 4.78 is 1.34. The largest absolute Gasteiger partial charge is 0.306 e. The number of hydrogen-bond acceptors (Lipinski definition) is 3. The van der Waals surface area contributed by atoms with E-state index in [1.54, 1.807) is 0 Å². The van der Waals surface area contributed by atoms with E-state index in [9.17, 15) is 0 Å². The SMILES string of the molecule is CCCNC(c1cncc(C)c1)c1cc2ccccc2s1. The maximum atomic E-state index is 4.36. The Bertz CT molecular complexity index is 700. The van der Waals surface area contributed by atoms with Crippen LogP contribution in [0.5, 0.6) is 0 Å². The molecule has 21 heavy (non-hydrogen) atoms. The van der Waals surface area contributed by atoms with E-state index in [0.29, 0.717) is 0 Å². The van der Waals surface area contributed by atoms with Gasteiger partial charge in [-0.05, 0) is 48.5 Å². The molecule has 2 aromatic heterocycles. The maximum Gasteiger partial charge on any atom is 0.0686 e. The zero-order chi connectivity index (χ0) is 14.7. The number of rotatable bonds is 5. The van der Waals surface area contributed by atoms with E-state index in [1.807, 2.05) is 23.7 Å². The van der Waals surface area contributed by atoms with E-state index >= 15 is 0 Å². The van der Waals surface area contributed by atoms with E-state index in [-0.39, 0.29) is 6.04 Å². The molecular weight excluding hydrogens is 276 g/mol. The molecular formula is C18H20N2S. The standard InChI is InChI=1S/C18H20N2S/c1-3-8-20-18(15-9-13(2)11-19-12-15)17-10-14-6-4-5-7-16(14)21-17/h4-7,9-12,18,20H,3,8H2,1-2H3. The van der Waals surface area contributed by atoms with Crippen molar-refractivity contribution in [2.24, 2.45) is 0 Å². The molecule has 3 heteroatoms. The lowest BCUT2D eigenvalue weighted by Gasteiger charge is -2.17. The zero-order valence-corrected chi connectivity index (χ0v) is 13.3. The maximum absolute atomic E-state index is 4.36. The highest BCUT2D eigenvalue weighted by molar-refractivity contribution is 7.19. The summed E-state index contributed by atoms with van der Waals surface area (Å²) in [5.74, 6) is 0. The number of benzene rings is 1. The van der Waals surface area contributed by atoms with E-state index in [2.05, 4.69) is 60.5 Å². The van der Waals surface area contributed by atoms with Gasteiger partial charge in [0.05, 0.1) is 6.04 Å². The Labute approximate surface area is 129 Å². The van der Waals surface area contributed by atoms with Gasteiger partial charge in [0.1, 0.15) is 0 Å². The number of hydrogen-bond donors (Lipinski definition) is 1. The molecule has 1 N–H and O–H groups in total. The van der Waals surface area contributed by atoms with Crippen LogP contribution in [0.2, 0.25) is 0 Å². The van der Waals surface area contributed by atoms with Gasteiger partial charge >= 0.3 is 0 Å². The topological polar surface area (TPSA) is 24.9 Å². The van der Waals surface area contributed by atoms with E-state index < -0.39 is 0 Å². The second kappa shape index (κ2) is 6.37. The highest BCUT2D eigenvalue weighted by Gasteiger charge is 2.16. The first kappa shape index (κ1) is 14.2. The van der Waals surface area contributed by atoms with Crippen molar-refractivity contribution in [3.05, 3.63) is 64.8 Å². The number of nitrogens with one attached hydrogen (secondary N) is 1. The van der Waals surface area contributed by atoms with Crippen molar-refractivity contribution in [3.8, 4) is 0 Å². The number of thiophene rings is 1. The molecule has 108 valence electrons. The number of aryl methyl sites for hydroxylation is 1. The van der Waals surface area contributed by atoms with Crippen molar-refractivity contribution >= 4 is 21.4 Å². The Kier molecular flexibility index (Phi) is 4.32. The van der Waals surface area contributed by atoms with Gasteiger partial charge in [0.2, 0.25) is 0 Å². The molecule has 3 rings (SSSR count). The molecule has 1 aromatic carbocycles. The quantitative estimate of drug-likeness (QED) is 0.738. The first-order valence-electron chi connectivity index (χ1n) is 7.41. The van der Waals surface area contributed by atoms with Gasteiger partial charge in [-0.25, -0.2) is 0 Å². The summed E-state index contributed by atoms with van der Waals surface area (Å²) in [5.41, 5.74) is 2.45. The molecule has 0 spiro atoms. The van der Waals surface area contributed by atoms with Gasteiger partial charge in [-0.3, -0.25) is 4.98 Å². The van der Waals surface area contributed by atoms with Crippen LogP contribution in [-0.4, -0.2) is 11.5 Å².